The van der Waals surface area contributed by atoms with E-state index in [4.69, 9.17) is 0 Å². The van der Waals surface area contributed by atoms with Crippen LogP contribution in [-0.4, -0.2) is 26.8 Å². The quantitative estimate of drug-likeness (QED) is 0.867. The Balaban J connectivity index is 1.72. The average Bonchev–Trinajstić information content (AvgIpc) is 3.02. The van der Waals surface area contributed by atoms with Crippen LogP contribution in [0.3, 0.4) is 0 Å². The zero-order valence-corrected chi connectivity index (χ0v) is 11.7. The monoisotopic (exact) mass is 269 g/mol. The number of rotatable bonds is 4. The van der Waals surface area contributed by atoms with Gasteiger partial charge in [-0.15, -0.1) is 5.10 Å². The fraction of sp³-hybridized carbons (Fsp3) is 0.400. The van der Waals surface area contributed by atoms with Crippen LogP contribution in [0.25, 0.3) is 5.69 Å². The first-order valence-electron chi connectivity index (χ1n) is 7.06. The van der Waals surface area contributed by atoms with Crippen LogP contribution in [0.5, 0.6) is 0 Å². The molecule has 0 amide bonds. The van der Waals surface area contributed by atoms with Gasteiger partial charge in [0.25, 0.3) is 0 Å². The Morgan fingerprint density at radius 1 is 1.35 bits per heavy atom. The fourth-order valence-corrected chi connectivity index (χ4v) is 2.52. The first-order valence-corrected chi connectivity index (χ1v) is 7.06. The van der Waals surface area contributed by atoms with Crippen LogP contribution in [0.2, 0.25) is 0 Å². The molecule has 0 fully saturated rings. The summed E-state index contributed by atoms with van der Waals surface area (Å²) in [6, 6.07) is 6.23. The molecule has 1 heterocycles. The second-order valence-corrected chi connectivity index (χ2v) is 5.29. The lowest BCUT2D eigenvalue weighted by molar-refractivity contribution is 0.504. The number of anilines is 1. The Morgan fingerprint density at radius 2 is 2.30 bits per heavy atom. The van der Waals surface area contributed by atoms with E-state index in [-0.39, 0.29) is 0 Å². The summed E-state index contributed by atoms with van der Waals surface area (Å²) in [6.07, 6.45) is 9.84. The summed E-state index contributed by atoms with van der Waals surface area (Å²) >= 11 is 0. The van der Waals surface area contributed by atoms with E-state index in [1.807, 2.05) is 6.07 Å². The van der Waals surface area contributed by atoms with Gasteiger partial charge in [0, 0.05) is 12.2 Å². The second kappa shape index (κ2) is 5.86. The third kappa shape index (κ3) is 2.87. The van der Waals surface area contributed by atoms with Gasteiger partial charge in [0.05, 0.1) is 5.69 Å². The first-order chi connectivity index (χ1) is 9.83. The van der Waals surface area contributed by atoms with Gasteiger partial charge in [-0.2, -0.15) is 0 Å². The number of nitrogens with zero attached hydrogens (tertiary/aromatic N) is 4. The van der Waals surface area contributed by atoms with E-state index in [1.54, 1.807) is 11.0 Å². The highest BCUT2D eigenvalue weighted by atomic mass is 15.5. The molecule has 2 aromatic rings. The molecule has 0 saturated carbocycles. The molecular weight excluding hydrogens is 250 g/mol. The molecule has 0 bridgehead atoms. The Hall–Kier alpha value is -2.17. The molecule has 3 rings (SSSR count). The van der Waals surface area contributed by atoms with Crippen molar-refractivity contribution in [1.29, 1.82) is 0 Å². The SMILES string of the molecule is Cc1ccc(-n2cnnn2)cc1NCC1CC=CCC1. The Kier molecular flexibility index (Phi) is 3.76. The van der Waals surface area contributed by atoms with E-state index in [0.29, 0.717) is 0 Å². The standard InChI is InChI=1S/C15H19N5/c1-12-7-8-14(20-11-17-18-19-20)9-15(12)16-10-13-5-3-2-4-6-13/h2-3,7-9,11,13,16H,4-6,10H2,1H3. The number of benzene rings is 1. The molecular formula is C15H19N5. The molecule has 1 unspecified atom stereocenters. The van der Waals surface area contributed by atoms with Crippen molar-refractivity contribution >= 4 is 5.69 Å². The minimum Gasteiger partial charge on any atom is -0.384 e. The lowest BCUT2D eigenvalue weighted by atomic mass is 9.94. The van der Waals surface area contributed by atoms with Gasteiger partial charge in [-0.3, -0.25) is 0 Å². The Bertz CT molecular complexity index is 588. The highest BCUT2D eigenvalue weighted by molar-refractivity contribution is 5.56. The van der Waals surface area contributed by atoms with E-state index in [9.17, 15) is 0 Å². The molecule has 20 heavy (non-hydrogen) atoms. The molecule has 1 aromatic heterocycles. The minimum absolute atomic E-state index is 0.732. The summed E-state index contributed by atoms with van der Waals surface area (Å²) in [6.45, 7) is 3.14. The number of allylic oxidation sites excluding steroid dienone is 2. The predicted octanol–water partition coefficient (Wildman–Crippen LogP) is 2.74. The molecule has 5 heteroatoms. The van der Waals surface area contributed by atoms with Gasteiger partial charge in [-0.25, -0.2) is 4.68 Å². The number of aryl methyl sites for hydroxylation is 1. The number of nitrogens with one attached hydrogen (secondary N) is 1. The van der Waals surface area contributed by atoms with Gasteiger partial charge in [0.2, 0.25) is 0 Å². The first kappa shape index (κ1) is 12.8. The van der Waals surface area contributed by atoms with Crippen LogP contribution >= 0.6 is 0 Å². The van der Waals surface area contributed by atoms with E-state index in [1.165, 1.54) is 24.8 Å². The van der Waals surface area contributed by atoms with Crippen LogP contribution in [0, 0.1) is 12.8 Å². The van der Waals surface area contributed by atoms with Crippen LogP contribution in [0.4, 0.5) is 5.69 Å². The highest BCUT2D eigenvalue weighted by Crippen LogP contribution is 2.22. The molecule has 1 aliphatic rings. The largest absolute Gasteiger partial charge is 0.384 e. The molecule has 1 N–H and O–H groups in total. The van der Waals surface area contributed by atoms with Crippen molar-refractivity contribution in [2.45, 2.75) is 26.2 Å². The molecule has 0 spiro atoms. The van der Waals surface area contributed by atoms with Gasteiger partial charge in [-0.1, -0.05) is 18.2 Å². The molecule has 104 valence electrons. The van der Waals surface area contributed by atoms with Gasteiger partial charge in [0.1, 0.15) is 6.33 Å². The molecule has 0 radical (unpaired) electrons. The van der Waals surface area contributed by atoms with E-state index in [2.05, 4.69) is 52.1 Å². The van der Waals surface area contributed by atoms with Crippen LogP contribution in [0.1, 0.15) is 24.8 Å². The summed E-state index contributed by atoms with van der Waals surface area (Å²) in [7, 11) is 0. The maximum Gasteiger partial charge on any atom is 0.143 e. The zero-order valence-electron chi connectivity index (χ0n) is 11.7. The van der Waals surface area contributed by atoms with E-state index in [0.717, 1.165) is 23.8 Å². The van der Waals surface area contributed by atoms with Crippen molar-refractivity contribution in [3.05, 3.63) is 42.2 Å². The molecule has 0 saturated heterocycles. The second-order valence-electron chi connectivity index (χ2n) is 5.29. The van der Waals surface area contributed by atoms with Crippen LogP contribution < -0.4 is 5.32 Å². The summed E-state index contributed by atoms with van der Waals surface area (Å²) in [4.78, 5) is 0. The van der Waals surface area contributed by atoms with Crippen LogP contribution in [-0.2, 0) is 0 Å². The van der Waals surface area contributed by atoms with Crippen molar-refractivity contribution in [3.63, 3.8) is 0 Å². The molecule has 1 aliphatic carbocycles. The lowest BCUT2D eigenvalue weighted by Crippen LogP contribution is -2.16. The number of aromatic nitrogens is 4. The summed E-state index contributed by atoms with van der Waals surface area (Å²) < 4.78 is 1.67. The third-order valence-corrected chi connectivity index (χ3v) is 3.79. The molecule has 1 aromatic carbocycles. The van der Waals surface area contributed by atoms with Crippen molar-refractivity contribution in [2.24, 2.45) is 5.92 Å². The van der Waals surface area contributed by atoms with Gasteiger partial charge in [0.15, 0.2) is 0 Å². The maximum atomic E-state index is 3.93. The number of hydrogen-bond acceptors (Lipinski definition) is 4. The van der Waals surface area contributed by atoms with E-state index >= 15 is 0 Å². The van der Waals surface area contributed by atoms with Crippen molar-refractivity contribution in [2.75, 3.05) is 11.9 Å². The summed E-state index contributed by atoms with van der Waals surface area (Å²) in [5, 5.41) is 14.8. The Morgan fingerprint density at radius 3 is 3.05 bits per heavy atom. The molecule has 0 aliphatic heterocycles. The third-order valence-electron chi connectivity index (χ3n) is 3.79. The minimum atomic E-state index is 0.732. The summed E-state index contributed by atoms with van der Waals surface area (Å²) in [5.41, 5.74) is 3.38. The van der Waals surface area contributed by atoms with Gasteiger partial charge in [-0.05, 0) is 60.2 Å². The number of tetrazole rings is 1. The van der Waals surface area contributed by atoms with Crippen LogP contribution in [0.15, 0.2) is 36.7 Å². The lowest BCUT2D eigenvalue weighted by Gasteiger charge is -2.20. The highest BCUT2D eigenvalue weighted by Gasteiger charge is 2.10. The van der Waals surface area contributed by atoms with Gasteiger partial charge >= 0.3 is 0 Å². The van der Waals surface area contributed by atoms with Crippen molar-refractivity contribution < 1.29 is 0 Å². The van der Waals surface area contributed by atoms with Crippen molar-refractivity contribution in [1.82, 2.24) is 20.2 Å². The van der Waals surface area contributed by atoms with Crippen molar-refractivity contribution in [3.8, 4) is 5.69 Å². The van der Waals surface area contributed by atoms with Gasteiger partial charge < -0.3 is 5.32 Å². The van der Waals surface area contributed by atoms with E-state index < -0.39 is 0 Å². The topological polar surface area (TPSA) is 55.6 Å². The molecule has 5 nitrogen and oxygen atoms in total. The zero-order chi connectivity index (χ0) is 13.8. The summed E-state index contributed by atoms with van der Waals surface area (Å²) in [5.74, 6) is 0.732. The smallest absolute Gasteiger partial charge is 0.143 e. The normalized spacial score (nSPS) is 18.1. The predicted molar refractivity (Wildman–Crippen MR) is 78.9 cm³/mol. The molecule has 1 atom stereocenters. The maximum absolute atomic E-state index is 3.93. The fourth-order valence-electron chi connectivity index (χ4n) is 2.52. The Labute approximate surface area is 118 Å². The average molecular weight is 269 g/mol. The number of hydrogen-bond donors (Lipinski definition) is 1.